The molecule has 0 aliphatic heterocycles. The van der Waals surface area contributed by atoms with Crippen molar-refractivity contribution >= 4 is 16.7 Å². The molecule has 0 aliphatic carbocycles. The molecule has 0 amide bonds. The SMILES string of the molecule is CCOc1ccc(CNc2ccc3c(c2)nnn3C)cc1. The van der Waals surface area contributed by atoms with E-state index < -0.39 is 0 Å². The fourth-order valence-electron chi connectivity index (χ4n) is 2.22. The quantitative estimate of drug-likeness (QED) is 0.781. The van der Waals surface area contributed by atoms with Gasteiger partial charge in [0.15, 0.2) is 0 Å². The van der Waals surface area contributed by atoms with E-state index in [2.05, 4.69) is 27.8 Å². The molecule has 0 fully saturated rings. The minimum atomic E-state index is 0.690. The van der Waals surface area contributed by atoms with Crippen LogP contribution in [0.1, 0.15) is 12.5 Å². The Morgan fingerprint density at radius 1 is 1.14 bits per heavy atom. The summed E-state index contributed by atoms with van der Waals surface area (Å²) in [7, 11) is 1.89. The Bertz CT molecular complexity index is 734. The van der Waals surface area contributed by atoms with E-state index in [0.29, 0.717) is 6.61 Å². The van der Waals surface area contributed by atoms with E-state index in [1.165, 1.54) is 5.56 Å². The molecule has 1 aromatic heterocycles. The van der Waals surface area contributed by atoms with Crippen molar-refractivity contribution in [3.63, 3.8) is 0 Å². The number of fused-ring (bicyclic) bond motifs is 1. The van der Waals surface area contributed by atoms with Gasteiger partial charge in [0.05, 0.1) is 12.1 Å². The van der Waals surface area contributed by atoms with E-state index in [4.69, 9.17) is 4.74 Å². The lowest BCUT2D eigenvalue weighted by molar-refractivity contribution is 0.340. The zero-order valence-electron chi connectivity index (χ0n) is 12.2. The fourth-order valence-corrected chi connectivity index (χ4v) is 2.22. The van der Waals surface area contributed by atoms with Gasteiger partial charge in [0, 0.05) is 19.3 Å². The molecule has 5 heteroatoms. The highest BCUT2D eigenvalue weighted by molar-refractivity contribution is 5.78. The van der Waals surface area contributed by atoms with Crippen LogP contribution in [0.5, 0.6) is 5.75 Å². The Morgan fingerprint density at radius 3 is 2.71 bits per heavy atom. The molecule has 2 aromatic carbocycles. The maximum absolute atomic E-state index is 5.44. The van der Waals surface area contributed by atoms with Gasteiger partial charge in [0.2, 0.25) is 0 Å². The summed E-state index contributed by atoms with van der Waals surface area (Å²) in [5, 5.41) is 11.5. The molecule has 1 N–H and O–H groups in total. The van der Waals surface area contributed by atoms with E-state index in [1.54, 1.807) is 4.68 Å². The summed E-state index contributed by atoms with van der Waals surface area (Å²) in [6.07, 6.45) is 0. The van der Waals surface area contributed by atoms with Gasteiger partial charge in [-0.05, 0) is 42.8 Å². The summed E-state index contributed by atoms with van der Waals surface area (Å²) in [5.41, 5.74) is 4.17. The largest absolute Gasteiger partial charge is 0.494 e. The van der Waals surface area contributed by atoms with Crippen LogP contribution >= 0.6 is 0 Å². The zero-order chi connectivity index (χ0) is 14.7. The minimum Gasteiger partial charge on any atom is -0.494 e. The van der Waals surface area contributed by atoms with Crippen molar-refractivity contribution < 1.29 is 4.74 Å². The van der Waals surface area contributed by atoms with Crippen LogP contribution in [0, 0.1) is 0 Å². The highest BCUT2D eigenvalue weighted by Crippen LogP contribution is 2.18. The topological polar surface area (TPSA) is 52.0 Å². The van der Waals surface area contributed by atoms with Gasteiger partial charge < -0.3 is 10.1 Å². The molecule has 108 valence electrons. The Hall–Kier alpha value is -2.56. The number of aromatic nitrogens is 3. The summed E-state index contributed by atoms with van der Waals surface area (Å²) < 4.78 is 7.21. The summed E-state index contributed by atoms with van der Waals surface area (Å²) in [6, 6.07) is 14.2. The number of hydrogen-bond donors (Lipinski definition) is 1. The first kappa shape index (κ1) is 13.4. The van der Waals surface area contributed by atoms with Gasteiger partial charge in [-0.3, -0.25) is 0 Å². The third-order valence-electron chi connectivity index (χ3n) is 3.34. The van der Waals surface area contributed by atoms with Crippen molar-refractivity contribution in [1.29, 1.82) is 0 Å². The smallest absolute Gasteiger partial charge is 0.119 e. The Kier molecular flexibility index (Phi) is 3.73. The van der Waals surface area contributed by atoms with Gasteiger partial charge in [-0.2, -0.15) is 0 Å². The molecular formula is C16H18N4O. The Labute approximate surface area is 123 Å². The Balaban J connectivity index is 1.67. The van der Waals surface area contributed by atoms with Gasteiger partial charge in [-0.15, -0.1) is 5.10 Å². The lowest BCUT2D eigenvalue weighted by atomic mass is 10.2. The third-order valence-corrected chi connectivity index (χ3v) is 3.34. The first-order chi connectivity index (χ1) is 10.3. The summed E-state index contributed by atoms with van der Waals surface area (Å²) >= 11 is 0. The highest BCUT2D eigenvalue weighted by Gasteiger charge is 2.02. The number of anilines is 1. The molecule has 0 aliphatic rings. The molecule has 3 aromatic rings. The predicted octanol–water partition coefficient (Wildman–Crippen LogP) is 2.98. The third kappa shape index (κ3) is 2.97. The second kappa shape index (κ2) is 5.83. The van der Waals surface area contributed by atoms with Crippen LogP contribution in [0.4, 0.5) is 5.69 Å². The monoisotopic (exact) mass is 282 g/mol. The highest BCUT2D eigenvalue weighted by atomic mass is 16.5. The lowest BCUT2D eigenvalue weighted by Crippen LogP contribution is -1.99. The second-order valence-electron chi connectivity index (χ2n) is 4.85. The first-order valence-electron chi connectivity index (χ1n) is 7.01. The van der Waals surface area contributed by atoms with Gasteiger partial charge in [0.25, 0.3) is 0 Å². The fraction of sp³-hybridized carbons (Fsp3) is 0.250. The minimum absolute atomic E-state index is 0.690. The zero-order valence-corrected chi connectivity index (χ0v) is 12.2. The van der Waals surface area contributed by atoms with Crippen molar-refractivity contribution in [3.8, 4) is 5.75 Å². The van der Waals surface area contributed by atoms with E-state index in [9.17, 15) is 0 Å². The molecule has 5 nitrogen and oxygen atoms in total. The van der Waals surface area contributed by atoms with Crippen LogP contribution in [-0.2, 0) is 13.6 Å². The van der Waals surface area contributed by atoms with Crippen LogP contribution in [0.2, 0.25) is 0 Å². The van der Waals surface area contributed by atoms with Crippen LogP contribution in [-0.4, -0.2) is 21.6 Å². The van der Waals surface area contributed by atoms with Crippen LogP contribution in [0.3, 0.4) is 0 Å². The van der Waals surface area contributed by atoms with Crippen molar-refractivity contribution in [2.75, 3.05) is 11.9 Å². The van der Waals surface area contributed by atoms with Gasteiger partial charge in [0.1, 0.15) is 11.3 Å². The van der Waals surface area contributed by atoms with Crippen molar-refractivity contribution in [1.82, 2.24) is 15.0 Å². The molecule has 0 unspecified atom stereocenters. The molecule has 0 radical (unpaired) electrons. The Morgan fingerprint density at radius 2 is 1.95 bits per heavy atom. The standard InChI is InChI=1S/C16H18N4O/c1-3-21-14-7-4-12(5-8-14)11-17-13-6-9-16-15(10-13)18-19-20(16)2/h4-10,17H,3,11H2,1-2H3. The van der Waals surface area contributed by atoms with E-state index in [0.717, 1.165) is 29.0 Å². The van der Waals surface area contributed by atoms with Crippen LogP contribution < -0.4 is 10.1 Å². The molecule has 0 saturated heterocycles. The number of hydrogen-bond acceptors (Lipinski definition) is 4. The van der Waals surface area contributed by atoms with Crippen molar-refractivity contribution in [3.05, 3.63) is 48.0 Å². The first-order valence-corrected chi connectivity index (χ1v) is 7.01. The maximum Gasteiger partial charge on any atom is 0.119 e. The summed E-state index contributed by atoms with van der Waals surface area (Å²) in [6.45, 7) is 3.44. The van der Waals surface area contributed by atoms with Crippen molar-refractivity contribution in [2.24, 2.45) is 7.05 Å². The predicted molar refractivity (Wildman–Crippen MR) is 83.4 cm³/mol. The molecular weight excluding hydrogens is 264 g/mol. The number of aryl methyl sites for hydroxylation is 1. The summed E-state index contributed by atoms with van der Waals surface area (Å²) in [4.78, 5) is 0. The molecule has 0 saturated carbocycles. The molecule has 3 rings (SSSR count). The van der Waals surface area contributed by atoms with Crippen LogP contribution in [0.25, 0.3) is 11.0 Å². The van der Waals surface area contributed by atoms with Gasteiger partial charge in [-0.25, -0.2) is 4.68 Å². The maximum atomic E-state index is 5.44. The molecule has 0 bridgehead atoms. The normalized spacial score (nSPS) is 10.8. The second-order valence-corrected chi connectivity index (χ2v) is 4.85. The van der Waals surface area contributed by atoms with E-state index in [-0.39, 0.29) is 0 Å². The van der Waals surface area contributed by atoms with Gasteiger partial charge in [-0.1, -0.05) is 17.3 Å². The number of nitrogens with zero attached hydrogens (tertiary/aromatic N) is 3. The van der Waals surface area contributed by atoms with E-state index >= 15 is 0 Å². The lowest BCUT2D eigenvalue weighted by Gasteiger charge is -2.08. The number of nitrogens with one attached hydrogen (secondary N) is 1. The average molecular weight is 282 g/mol. The van der Waals surface area contributed by atoms with Crippen LogP contribution in [0.15, 0.2) is 42.5 Å². The average Bonchev–Trinajstić information content (AvgIpc) is 2.88. The van der Waals surface area contributed by atoms with E-state index in [1.807, 2.05) is 44.3 Å². The van der Waals surface area contributed by atoms with Gasteiger partial charge >= 0.3 is 0 Å². The number of rotatable bonds is 5. The molecule has 0 atom stereocenters. The number of ether oxygens (including phenoxy) is 1. The van der Waals surface area contributed by atoms with Crippen molar-refractivity contribution in [2.45, 2.75) is 13.5 Å². The summed E-state index contributed by atoms with van der Waals surface area (Å²) in [5.74, 6) is 0.905. The molecule has 0 spiro atoms. The number of benzene rings is 2. The molecule has 21 heavy (non-hydrogen) atoms. The molecule has 1 heterocycles.